The summed E-state index contributed by atoms with van der Waals surface area (Å²) in [5, 5.41) is 39.0. The molecular weight excluding hydrogens is 310 g/mol. The Morgan fingerprint density at radius 1 is 0.467 bits per heavy atom. The number of hydrogen-bond acceptors (Lipinski definition) is 6. The average molecular weight is 317 g/mol. The maximum atomic E-state index is 6.50. The molecule has 0 aliphatic heterocycles. The summed E-state index contributed by atoms with van der Waals surface area (Å²) in [6.45, 7) is 21.0. The van der Waals surface area contributed by atoms with Gasteiger partial charge in [0.15, 0.2) is 0 Å². The van der Waals surface area contributed by atoms with Gasteiger partial charge in [0.05, 0.1) is 0 Å². The number of nitriles is 6. The van der Waals surface area contributed by atoms with Crippen LogP contribution in [0.3, 0.4) is 0 Å². The number of rotatable bonds is 0. The Labute approximate surface area is 155 Å². The standard InChI is InChI=1S/6CHN.Fe.K.Ni.H/c6*1-2;;;;/h6*1H;;;;/q;;;;;;;+1;;-1. The first kappa shape index (κ1) is 86.2. The van der Waals surface area contributed by atoms with E-state index >= 15 is 0 Å². The molecule has 6 nitrogen and oxygen atoms in total. The molecule has 0 rings (SSSR count). The van der Waals surface area contributed by atoms with E-state index in [2.05, 4.69) is 39.4 Å². The molecule has 0 N–H and O–H groups in total. The van der Waals surface area contributed by atoms with E-state index in [-0.39, 0.29) is 86.4 Å². The van der Waals surface area contributed by atoms with Crippen LogP contribution in [0.15, 0.2) is 0 Å². The minimum absolute atomic E-state index is 0. The van der Waals surface area contributed by atoms with E-state index in [9.17, 15) is 0 Å². The molecule has 0 atom stereocenters. The van der Waals surface area contributed by atoms with Gasteiger partial charge in [-0.3, -0.25) is 0 Å². The van der Waals surface area contributed by atoms with E-state index in [0.29, 0.717) is 0 Å². The van der Waals surface area contributed by atoms with Gasteiger partial charge in [-0.2, -0.15) is 0 Å². The second kappa shape index (κ2) is 12800. The summed E-state index contributed by atoms with van der Waals surface area (Å²) in [7, 11) is 0. The summed E-state index contributed by atoms with van der Waals surface area (Å²) in [4.78, 5) is 0. The largest absolute Gasteiger partial charge is 1.00 e. The minimum Gasteiger partial charge on any atom is -1.00 e. The van der Waals surface area contributed by atoms with Crippen molar-refractivity contribution >= 4 is 0 Å². The van der Waals surface area contributed by atoms with Gasteiger partial charge >= 0.3 is 51.4 Å². The van der Waals surface area contributed by atoms with E-state index in [1.807, 2.05) is 0 Å². The maximum Gasteiger partial charge on any atom is 1.00 e. The molecule has 0 radical (unpaired) electrons. The summed E-state index contributed by atoms with van der Waals surface area (Å²) >= 11 is 0. The smallest absolute Gasteiger partial charge is 1.00 e. The van der Waals surface area contributed by atoms with Gasteiger partial charge in [0.1, 0.15) is 0 Å². The third kappa shape index (κ3) is 10800. The van der Waals surface area contributed by atoms with Crippen LogP contribution in [0.5, 0.6) is 0 Å². The van der Waals surface area contributed by atoms with Crippen molar-refractivity contribution in [3.05, 3.63) is 0 Å². The molecule has 80 valence electrons. The first-order valence-corrected chi connectivity index (χ1v) is 1.55. The van der Waals surface area contributed by atoms with Crippen LogP contribution in [0.2, 0.25) is 0 Å². The van der Waals surface area contributed by atoms with Crippen molar-refractivity contribution in [2.45, 2.75) is 0 Å². The average Bonchev–Trinajstić information content (AvgIpc) is 2.33. The van der Waals surface area contributed by atoms with Gasteiger partial charge in [0, 0.05) is 73.0 Å². The van der Waals surface area contributed by atoms with Crippen molar-refractivity contribution in [2.24, 2.45) is 0 Å². The fourth-order valence-corrected chi connectivity index (χ4v) is 0. The quantitative estimate of drug-likeness (QED) is 0.470. The predicted octanol–water partition coefficient (Wildman–Crippen LogP) is -2.05. The van der Waals surface area contributed by atoms with Crippen LogP contribution >= 0.6 is 0 Å². The molecule has 0 amide bonds. The minimum atomic E-state index is 0. The van der Waals surface area contributed by atoms with Gasteiger partial charge in [0.2, 0.25) is 0 Å². The predicted molar refractivity (Wildman–Crippen MR) is 41.1 cm³/mol. The second-order valence-corrected chi connectivity index (χ2v) is 0. The third-order valence-corrected chi connectivity index (χ3v) is 0. The van der Waals surface area contributed by atoms with Crippen LogP contribution in [0.1, 0.15) is 1.43 Å². The molecule has 0 heterocycles. The number of nitrogens with zero attached hydrogens (tertiary/aromatic N) is 6. The van der Waals surface area contributed by atoms with Crippen molar-refractivity contribution in [1.29, 1.82) is 31.6 Å². The van der Waals surface area contributed by atoms with Gasteiger partial charge in [0.25, 0.3) is 0 Å². The molecule has 15 heavy (non-hydrogen) atoms. The molecule has 0 aliphatic carbocycles. The molecule has 0 aromatic heterocycles. The Morgan fingerprint density at radius 2 is 0.467 bits per heavy atom. The Hall–Kier alpha value is -0.411. The summed E-state index contributed by atoms with van der Waals surface area (Å²) in [6.07, 6.45) is 0. The summed E-state index contributed by atoms with van der Waals surface area (Å²) in [5.74, 6) is 0. The zero-order chi connectivity index (χ0) is 12.0. The van der Waals surface area contributed by atoms with Crippen molar-refractivity contribution in [2.75, 3.05) is 0 Å². The van der Waals surface area contributed by atoms with Gasteiger partial charge in [-0.25, -0.2) is 31.6 Å². The Kier molecular flexibility index (Phi) is 73400. The van der Waals surface area contributed by atoms with Crippen LogP contribution in [-0.4, -0.2) is 0 Å². The molecule has 0 fully saturated rings. The Morgan fingerprint density at radius 3 is 0.467 bits per heavy atom. The molecule has 9 heteroatoms. The van der Waals surface area contributed by atoms with Crippen LogP contribution < -0.4 is 51.4 Å². The monoisotopic (exact) mass is 316 g/mol. The van der Waals surface area contributed by atoms with E-state index < -0.39 is 0 Å². The SMILES string of the molecule is C#N.C#N.C#N.C#N.C#N.C#N.[Fe].[H-].[K+].[Ni]. The van der Waals surface area contributed by atoms with Crippen LogP contribution in [-0.2, 0) is 33.6 Å². The maximum absolute atomic E-state index is 6.50. The van der Waals surface area contributed by atoms with Crippen LogP contribution in [0.4, 0.5) is 0 Å². The summed E-state index contributed by atoms with van der Waals surface area (Å²) < 4.78 is 0. The molecule has 0 saturated heterocycles. The molecular formula is C6H7FeKN6Ni. The fourth-order valence-electron chi connectivity index (χ4n) is 0. The van der Waals surface area contributed by atoms with Gasteiger partial charge in [-0.15, -0.1) is 0 Å². The zero-order valence-electron chi connectivity index (χ0n) is 8.82. The van der Waals surface area contributed by atoms with Crippen molar-refractivity contribution in [3.8, 4) is 39.4 Å². The number of hydrogen-bond donors (Lipinski definition) is 0. The van der Waals surface area contributed by atoms with E-state index in [4.69, 9.17) is 31.6 Å². The molecule has 0 spiro atoms. The molecule has 0 aromatic carbocycles. The van der Waals surface area contributed by atoms with E-state index in [0.717, 1.165) is 0 Å². The topological polar surface area (TPSA) is 143 Å². The molecule has 0 bridgehead atoms. The molecule has 0 aliphatic rings. The first-order chi connectivity index (χ1) is 6.00. The fraction of sp³-hybridized carbons (Fsp3) is 0. The van der Waals surface area contributed by atoms with Gasteiger partial charge < -0.3 is 1.43 Å². The van der Waals surface area contributed by atoms with Crippen molar-refractivity contribution in [1.82, 2.24) is 0 Å². The summed E-state index contributed by atoms with van der Waals surface area (Å²) in [5.41, 5.74) is 0. The summed E-state index contributed by atoms with van der Waals surface area (Å²) in [6, 6.07) is 0. The Balaban J connectivity index is -0.00000000321. The first-order valence-electron chi connectivity index (χ1n) is 1.55. The molecule has 0 saturated carbocycles. The van der Waals surface area contributed by atoms with E-state index in [1.54, 1.807) is 0 Å². The molecule has 0 unspecified atom stereocenters. The van der Waals surface area contributed by atoms with Crippen molar-refractivity contribution < 1.29 is 86.4 Å². The zero-order valence-corrected chi connectivity index (χ0v) is 13.0. The normalized spacial score (nSPS) is 0.800. The molecule has 0 aromatic rings. The van der Waals surface area contributed by atoms with Crippen LogP contribution in [0, 0.1) is 71.0 Å². The second-order valence-electron chi connectivity index (χ2n) is 0. The third-order valence-electron chi connectivity index (χ3n) is 0. The Bertz CT molecular complexity index is 108. The van der Waals surface area contributed by atoms with Crippen molar-refractivity contribution in [3.63, 3.8) is 0 Å². The van der Waals surface area contributed by atoms with Crippen LogP contribution in [0.25, 0.3) is 0 Å². The van der Waals surface area contributed by atoms with E-state index in [1.165, 1.54) is 0 Å². The van der Waals surface area contributed by atoms with Gasteiger partial charge in [-0.1, -0.05) is 0 Å². The van der Waals surface area contributed by atoms with Gasteiger partial charge in [-0.05, 0) is 0 Å².